The SMILES string of the molecule is CCNc1nc(NC(C)C)nc(C(Cl)(Cl)Cl)n1. The van der Waals surface area contributed by atoms with Gasteiger partial charge in [0.1, 0.15) is 0 Å². The van der Waals surface area contributed by atoms with Crippen LogP contribution < -0.4 is 10.6 Å². The van der Waals surface area contributed by atoms with Crippen LogP contribution in [0.1, 0.15) is 26.6 Å². The Kier molecular flexibility index (Phi) is 5.04. The van der Waals surface area contributed by atoms with Crippen LogP contribution in [-0.2, 0) is 3.79 Å². The largest absolute Gasteiger partial charge is 0.354 e. The molecule has 0 aliphatic carbocycles. The van der Waals surface area contributed by atoms with Crippen molar-refractivity contribution in [1.82, 2.24) is 15.0 Å². The van der Waals surface area contributed by atoms with Crippen molar-refractivity contribution in [3.8, 4) is 0 Å². The molecule has 2 N–H and O–H groups in total. The van der Waals surface area contributed by atoms with Gasteiger partial charge in [-0.3, -0.25) is 0 Å². The maximum Gasteiger partial charge on any atom is 0.250 e. The van der Waals surface area contributed by atoms with Gasteiger partial charge in [-0.15, -0.1) is 0 Å². The summed E-state index contributed by atoms with van der Waals surface area (Å²) in [6.45, 7) is 6.52. The molecule has 1 heterocycles. The number of hydrogen-bond donors (Lipinski definition) is 2. The standard InChI is InChI=1S/C9H14Cl3N5/c1-4-13-7-15-6(9(10,11)12)16-8(17-7)14-5(2)3/h5H,4H2,1-3H3,(H2,13,14,15,16,17). The van der Waals surface area contributed by atoms with Crippen LogP contribution in [0.25, 0.3) is 0 Å². The molecule has 0 saturated heterocycles. The number of rotatable bonds is 4. The van der Waals surface area contributed by atoms with Crippen molar-refractivity contribution in [2.24, 2.45) is 0 Å². The number of hydrogen-bond acceptors (Lipinski definition) is 5. The summed E-state index contributed by atoms with van der Waals surface area (Å²) < 4.78 is -1.67. The van der Waals surface area contributed by atoms with Gasteiger partial charge in [0, 0.05) is 12.6 Å². The molecule has 17 heavy (non-hydrogen) atoms. The van der Waals surface area contributed by atoms with E-state index in [4.69, 9.17) is 34.8 Å². The molecule has 5 nitrogen and oxygen atoms in total. The quantitative estimate of drug-likeness (QED) is 0.837. The first-order valence-corrected chi connectivity index (χ1v) is 6.30. The Morgan fingerprint density at radius 2 is 1.71 bits per heavy atom. The van der Waals surface area contributed by atoms with Crippen molar-refractivity contribution in [3.05, 3.63) is 5.82 Å². The predicted octanol–water partition coefficient (Wildman–Crippen LogP) is 2.95. The molecular formula is C9H14Cl3N5. The third-order valence-corrected chi connectivity index (χ3v) is 2.15. The van der Waals surface area contributed by atoms with Gasteiger partial charge in [0.15, 0.2) is 5.82 Å². The first kappa shape index (κ1) is 14.5. The molecule has 96 valence electrons. The normalized spacial score (nSPS) is 11.7. The van der Waals surface area contributed by atoms with E-state index in [0.29, 0.717) is 18.4 Å². The molecule has 0 unspecified atom stereocenters. The molecule has 8 heteroatoms. The lowest BCUT2D eigenvalue weighted by Gasteiger charge is -2.14. The van der Waals surface area contributed by atoms with Gasteiger partial charge in [-0.05, 0) is 20.8 Å². The van der Waals surface area contributed by atoms with E-state index in [9.17, 15) is 0 Å². The Morgan fingerprint density at radius 1 is 1.12 bits per heavy atom. The van der Waals surface area contributed by atoms with E-state index in [0.717, 1.165) is 0 Å². The summed E-state index contributed by atoms with van der Waals surface area (Å²) in [6, 6.07) is 0.176. The number of halogens is 3. The molecule has 0 radical (unpaired) electrons. The van der Waals surface area contributed by atoms with Gasteiger partial charge >= 0.3 is 0 Å². The number of nitrogens with one attached hydrogen (secondary N) is 2. The van der Waals surface area contributed by atoms with E-state index in [1.807, 2.05) is 20.8 Å². The number of anilines is 2. The second-order valence-electron chi connectivity index (χ2n) is 3.63. The molecular weight excluding hydrogens is 284 g/mol. The Morgan fingerprint density at radius 3 is 2.18 bits per heavy atom. The molecule has 0 atom stereocenters. The lowest BCUT2D eigenvalue weighted by Crippen LogP contribution is -2.18. The molecule has 0 aromatic carbocycles. The fourth-order valence-electron chi connectivity index (χ4n) is 1.06. The third kappa shape index (κ3) is 4.69. The molecule has 1 aromatic heterocycles. The summed E-state index contributed by atoms with van der Waals surface area (Å²) in [5, 5.41) is 5.99. The minimum atomic E-state index is -1.67. The van der Waals surface area contributed by atoms with Crippen molar-refractivity contribution in [1.29, 1.82) is 0 Å². The second-order valence-corrected chi connectivity index (χ2v) is 5.91. The van der Waals surface area contributed by atoms with E-state index in [1.54, 1.807) is 0 Å². The Balaban J connectivity index is 3.09. The van der Waals surface area contributed by atoms with Gasteiger partial charge in [-0.2, -0.15) is 15.0 Å². The van der Waals surface area contributed by atoms with Gasteiger partial charge in [0.2, 0.25) is 15.7 Å². The zero-order chi connectivity index (χ0) is 13.1. The molecule has 0 fully saturated rings. The maximum absolute atomic E-state index is 5.76. The van der Waals surface area contributed by atoms with Crippen LogP contribution in [-0.4, -0.2) is 27.5 Å². The third-order valence-electron chi connectivity index (χ3n) is 1.64. The van der Waals surface area contributed by atoms with Crippen molar-refractivity contribution >= 4 is 46.7 Å². The number of aromatic nitrogens is 3. The Hall–Kier alpha value is -0.520. The van der Waals surface area contributed by atoms with Gasteiger partial charge in [-0.1, -0.05) is 34.8 Å². The van der Waals surface area contributed by atoms with Gasteiger partial charge in [-0.25, -0.2) is 0 Å². The number of nitrogens with zero attached hydrogens (tertiary/aromatic N) is 3. The topological polar surface area (TPSA) is 62.7 Å². The molecule has 0 aliphatic rings. The second kappa shape index (κ2) is 5.89. The van der Waals surface area contributed by atoms with E-state index >= 15 is 0 Å². The summed E-state index contributed by atoms with van der Waals surface area (Å²) in [5.74, 6) is 0.857. The Bertz CT molecular complexity index is 377. The average molecular weight is 299 g/mol. The lowest BCUT2D eigenvalue weighted by molar-refractivity contribution is 0.844. The Labute approximate surface area is 115 Å². The average Bonchev–Trinajstić information content (AvgIpc) is 2.15. The fraction of sp³-hybridized carbons (Fsp3) is 0.667. The van der Waals surface area contributed by atoms with Gasteiger partial charge in [0.25, 0.3) is 0 Å². The highest BCUT2D eigenvalue weighted by molar-refractivity contribution is 6.66. The predicted molar refractivity (Wildman–Crippen MR) is 72.0 cm³/mol. The van der Waals surface area contributed by atoms with Crippen LogP contribution in [0.3, 0.4) is 0 Å². The highest BCUT2D eigenvalue weighted by Crippen LogP contribution is 2.36. The summed E-state index contributed by atoms with van der Waals surface area (Å²) in [5.41, 5.74) is 0. The van der Waals surface area contributed by atoms with Gasteiger partial charge < -0.3 is 10.6 Å². The van der Waals surface area contributed by atoms with Crippen molar-refractivity contribution in [3.63, 3.8) is 0 Å². The van der Waals surface area contributed by atoms with Crippen LogP contribution in [0.2, 0.25) is 0 Å². The first-order chi connectivity index (χ1) is 7.82. The van der Waals surface area contributed by atoms with E-state index in [1.165, 1.54) is 0 Å². The first-order valence-electron chi connectivity index (χ1n) is 5.16. The van der Waals surface area contributed by atoms with Crippen molar-refractivity contribution in [2.75, 3.05) is 17.2 Å². The fourth-order valence-corrected chi connectivity index (χ4v) is 1.32. The van der Waals surface area contributed by atoms with Crippen LogP contribution in [0, 0.1) is 0 Å². The zero-order valence-electron chi connectivity index (χ0n) is 9.76. The smallest absolute Gasteiger partial charge is 0.250 e. The molecule has 0 spiro atoms. The molecule has 0 saturated carbocycles. The van der Waals surface area contributed by atoms with Crippen LogP contribution in [0.15, 0.2) is 0 Å². The lowest BCUT2D eigenvalue weighted by atomic mass is 10.4. The summed E-state index contributed by atoms with van der Waals surface area (Å²) in [6.07, 6.45) is 0. The van der Waals surface area contributed by atoms with Crippen molar-refractivity contribution < 1.29 is 0 Å². The zero-order valence-corrected chi connectivity index (χ0v) is 12.0. The van der Waals surface area contributed by atoms with Crippen LogP contribution >= 0.6 is 34.8 Å². The van der Waals surface area contributed by atoms with E-state index in [2.05, 4.69) is 25.6 Å². The summed E-state index contributed by atoms with van der Waals surface area (Å²) in [4.78, 5) is 12.2. The van der Waals surface area contributed by atoms with Crippen LogP contribution in [0.4, 0.5) is 11.9 Å². The molecule has 1 rings (SSSR count). The molecule has 0 bridgehead atoms. The maximum atomic E-state index is 5.76. The minimum Gasteiger partial charge on any atom is -0.354 e. The minimum absolute atomic E-state index is 0.0941. The number of alkyl halides is 3. The summed E-state index contributed by atoms with van der Waals surface area (Å²) in [7, 11) is 0. The molecule has 0 aliphatic heterocycles. The van der Waals surface area contributed by atoms with Gasteiger partial charge in [0.05, 0.1) is 0 Å². The van der Waals surface area contributed by atoms with E-state index in [-0.39, 0.29) is 11.9 Å². The summed E-state index contributed by atoms with van der Waals surface area (Å²) >= 11 is 17.3. The molecule has 1 aromatic rings. The highest BCUT2D eigenvalue weighted by Gasteiger charge is 2.28. The van der Waals surface area contributed by atoms with Crippen LogP contribution in [0.5, 0.6) is 0 Å². The monoisotopic (exact) mass is 297 g/mol. The highest BCUT2D eigenvalue weighted by atomic mass is 35.6. The molecule has 0 amide bonds. The van der Waals surface area contributed by atoms with E-state index < -0.39 is 3.79 Å². The van der Waals surface area contributed by atoms with Crippen molar-refractivity contribution in [2.45, 2.75) is 30.6 Å².